The molecule has 1 nitrogen and oxygen atoms in total. The van der Waals surface area contributed by atoms with Gasteiger partial charge in [0.1, 0.15) is 0 Å². The van der Waals surface area contributed by atoms with Crippen LogP contribution < -0.4 is 5.32 Å². The molecule has 94 valence electrons. The van der Waals surface area contributed by atoms with Crippen molar-refractivity contribution in [2.75, 3.05) is 6.54 Å². The first-order valence-corrected chi connectivity index (χ1v) is 7.41. The Labute approximate surface area is 123 Å². The van der Waals surface area contributed by atoms with Crippen molar-refractivity contribution in [1.29, 1.82) is 0 Å². The van der Waals surface area contributed by atoms with E-state index in [1.807, 2.05) is 0 Å². The van der Waals surface area contributed by atoms with Crippen molar-refractivity contribution in [3.8, 4) is 0 Å². The molecule has 0 unspecified atom stereocenters. The van der Waals surface area contributed by atoms with E-state index in [9.17, 15) is 0 Å². The maximum atomic E-state index is 3.49. The van der Waals surface area contributed by atoms with Crippen LogP contribution in [0.3, 0.4) is 0 Å². The molecule has 0 aromatic heterocycles. The Hall–Kier alpha value is -0.870. The van der Waals surface area contributed by atoms with E-state index < -0.39 is 0 Å². The van der Waals surface area contributed by atoms with E-state index in [-0.39, 0.29) is 0 Å². The minimum Gasteiger partial charge on any atom is -0.313 e. The second-order valence-corrected chi connectivity index (χ2v) is 5.64. The Bertz CT molecular complexity index is 450. The minimum absolute atomic E-state index is 0.964. The second-order valence-electron chi connectivity index (χ2n) is 4.39. The predicted octanol–water partition coefficient (Wildman–Crippen LogP) is 4.01. The van der Waals surface area contributed by atoms with Gasteiger partial charge < -0.3 is 5.32 Å². The zero-order valence-electron chi connectivity index (χ0n) is 10.4. The average Bonchev–Trinajstić information content (AvgIpc) is 2.42. The summed E-state index contributed by atoms with van der Waals surface area (Å²) in [6.45, 7) is 2.03. The number of rotatable bonds is 6. The maximum Gasteiger partial charge on any atom is 0.0205 e. The van der Waals surface area contributed by atoms with E-state index >= 15 is 0 Å². The highest BCUT2D eigenvalue weighted by Gasteiger charge is 1.94. The lowest BCUT2D eigenvalue weighted by Crippen LogP contribution is -2.15. The molecule has 2 rings (SSSR count). The summed E-state index contributed by atoms with van der Waals surface area (Å²) in [5.74, 6) is 0. The number of benzene rings is 2. The van der Waals surface area contributed by atoms with E-state index in [1.165, 1.54) is 21.1 Å². The van der Waals surface area contributed by atoms with Crippen LogP contribution in [0, 0.1) is 3.57 Å². The SMILES string of the molecule is Ic1ccc(CNCCCc2ccccc2)cc1. The van der Waals surface area contributed by atoms with Gasteiger partial charge in [-0.1, -0.05) is 42.5 Å². The first-order chi connectivity index (χ1) is 8.84. The molecule has 0 aliphatic rings. The number of aryl methyl sites for hydroxylation is 1. The lowest BCUT2D eigenvalue weighted by Gasteiger charge is -2.05. The molecule has 18 heavy (non-hydrogen) atoms. The monoisotopic (exact) mass is 351 g/mol. The summed E-state index contributed by atoms with van der Waals surface area (Å²) in [4.78, 5) is 0. The normalized spacial score (nSPS) is 10.5. The molecule has 0 spiro atoms. The summed E-state index contributed by atoms with van der Waals surface area (Å²) in [6.07, 6.45) is 2.34. The lowest BCUT2D eigenvalue weighted by atomic mass is 10.1. The van der Waals surface area contributed by atoms with Crippen LogP contribution in [0.15, 0.2) is 54.6 Å². The molecule has 0 amide bonds. The molecule has 0 heterocycles. The van der Waals surface area contributed by atoms with Gasteiger partial charge in [-0.3, -0.25) is 0 Å². The third kappa shape index (κ3) is 4.78. The highest BCUT2D eigenvalue weighted by atomic mass is 127. The van der Waals surface area contributed by atoms with Crippen LogP contribution in [0.2, 0.25) is 0 Å². The molecule has 0 bridgehead atoms. The highest BCUT2D eigenvalue weighted by molar-refractivity contribution is 14.1. The topological polar surface area (TPSA) is 12.0 Å². The molecule has 0 fully saturated rings. The van der Waals surface area contributed by atoms with Gasteiger partial charge in [0.25, 0.3) is 0 Å². The van der Waals surface area contributed by atoms with E-state index in [2.05, 4.69) is 82.5 Å². The predicted molar refractivity (Wildman–Crippen MR) is 85.6 cm³/mol. The first kappa shape index (κ1) is 13.6. The molecule has 0 atom stereocenters. The van der Waals surface area contributed by atoms with Crippen molar-refractivity contribution in [1.82, 2.24) is 5.32 Å². The van der Waals surface area contributed by atoms with Gasteiger partial charge >= 0.3 is 0 Å². The van der Waals surface area contributed by atoms with Gasteiger partial charge in [0.15, 0.2) is 0 Å². The van der Waals surface area contributed by atoms with E-state index in [0.717, 1.165) is 19.5 Å². The molecular formula is C16H18IN. The van der Waals surface area contributed by atoms with Crippen molar-refractivity contribution in [3.63, 3.8) is 0 Å². The first-order valence-electron chi connectivity index (χ1n) is 6.34. The van der Waals surface area contributed by atoms with Crippen LogP contribution in [0.1, 0.15) is 17.5 Å². The number of hydrogen-bond donors (Lipinski definition) is 1. The summed E-state index contributed by atoms with van der Waals surface area (Å²) in [5, 5.41) is 3.49. The van der Waals surface area contributed by atoms with Crippen LogP contribution in [0.25, 0.3) is 0 Å². The molecule has 0 saturated heterocycles. The van der Waals surface area contributed by atoms with Crippen molar-refractivity contribution < 1.29 is 0 Å². The number of hydrogen-bond acceptors (Lipinski definition) is 1. The van der Waals surface area contributed by atoms with Gasteiger partial charge in [-0.2, -0.15) is 0 Å². The molecule has 0 radical (unpaired) electrons. The van der Waals surface area contributed by atoms with Crippen molar-refractivity contribution in [2.45, 2.75) is 19.4 Å². The number of halogens is 1. The van der Waals surface area contributed by atoms with E-state index in [1.54, 1.807) is 0 Å². The van der Waals surface area contributed by atoms with E-state index in [4.69, 9.17) is 0 Å². The lowest BCUT2D eigenvalue weighted by molar-refractivity contribution is 0.649. The van der Waals surface area contributed by atoms with Gasteiger partial charge in [0, 0.05) is 10.1 Å². The molecule has 2 heteroatoms. The van der Waals surface area contributed by atoms with Crippen LogP contribution >= 0.6 is 22.6 Å². The zero-order chi connectivity index (χ0) is 12.6. The zero-order valence-corrected chi connectivity index (χ0v) is 12.6. The van der Waals surface area contributed by atoms with Crippen LogP contribution in [0.5, 0.6) is 0 Å². The van der Waals surface area contributed by atoms with Gasteiger partial charge in [0.2, 0.25) is 0 Å². The smallest absolute Gasteiger partial charge is 0.0205 e. The molecule has 1 N–H and O–H groups in total. The Kier molecular flexibility index (Phi) is 5.68. The quantitative estimate of drug-likeness (QED) is 0.613. The van der Waals surface area contributed by atoms with Crippen LogP contribution in [-0.4, -0.2) is 6.54 Å². The summed E-state index contributed by atoms with van der Waals surface area (Å²) < 4.78 is 1.29. The Morgan fingerprint density at radius 3 is 2.28 bits per heavy atom. The van der Waals surface area contributed by atoms with Crippen LogP contribution in [0.4, 0.5) is 0 Å². The molecular weight excluding hydrogens is 333 g/mol. The van der Waals surface area contributed by atoms with Crippen molar-refractivity contribution >= 4 is 22.6 Å². The number of nitrogens with one attached hydrogen (secondary N) is 1. The molecule has 2 aromatic rings. The Morgan fingerprint density at radius 2 is 1.56 bits per heavy atom. The molecule has 0 saturated carbocycles. The van der Waals surface area contributed by atoms with Crippen LogP contribution in [-0.2, 0) is 13.0 Å². The fourth-order valence-corrected chi connectivity index (χ4v) is 2.26. The second kappa shape index (κ2) is 7.54. The highest BCUT2D eigenvalue weighted by Crippen LogP contribution is 2.06. The van der Waals surface area contributed by atoms with Gasteiger partial charge in [-0.15, -0.1) is 0 Å². The average molecular weight is 351 g/mol. The van der Waals surface area contributed by atoms with E-state index in [0.29, 0.717) is 0 Å². The minimum atomic E-state index is 0.964. The Balaban J connectivity index is 1.63. The fourth-order valence-electron chi connectivity index (χ4n) is 1.90. The molecule has 0 aliphatic carbocycles. The fraction of sp³-hybridized carbons (Fsp3) is 0.250. The van der Waals surface area contributed by atoms with Crippen molar-refractivity contribution in [3.05, 3.63) is 69.3 Å². The molecule has 0 aliphatic heterocycles. The third-order valence-corrected chi connectivity index (χ3v) is 3.62. The van der Waals surface area contributed by atoms with Crippen molar-refractivity contribution in [2.24, 2.45) is 0 Å². The largest absolute Gasteiger partial charge is 0.313 e. The summed E-state index contributed by atoms with van der Waals surface area (Å²) >= 11 is 2.33. The maximum absolute atomic E-state index is 3.49. The van der Waals surface area contributed by atoms with Gasteiger partial charge in [0.05, 0.1) is 0 Å². The molecule has 2 aromatic carbocycles. The summed E-state index contributed by atoms with van der Waals surface area (Å²) in [5.41, 5.74) is 2.78. The van der Waals surface area contributed by atoms with Gasteiger partial charge in [-0.05, 0) is 65.2 Å². The summed E-state index contributed by atoms with van der Waals surface area (Å²) in [7, 11) is 0. The third-order valence-electron chi connectivity index (χ3n) is 2.90. The Morgan fingerprint density at radius 1 is 0.833 bits per heavy atom. The summed E-state index contributed by atoms with van der Waals surface area (Å²) in [6, 6.07) is 19.3. The standard InChI is InChI=1S/C16H18IN/c17-16-10-8-15(9-11-16)13-18-12-4-7-14-5-2-1-3-6-14/h1-3,5-6,8-11,18H,4,7,12-13H2. The van der Waals surface area contributed by atoms with Gasteiger partial charge in [-0.25, -0.2) is 0 Å².